The summed E-state index contributed by atoms with van der Waals surface area (Å²) in [5.41, 5.74) is 0.972. The highest BCUT2D eigenvalue weighted by atomic mass is 16.5. The van der Waals surface area contributed by atoms with Gasteiger partial charge in [-0.3, -0.25) is 4.79 Å². The monoisotopic (exact) mass is 401 g/mol. The van der Waals surface area contributed by atoms with Crippen LogP contribution in [0, 0.1) is 5.92 Å². The van der Waals surface area contributed by atoms with Gasteiger partial charge in [0.25, 0.3) is 5.91 Å². The summed E-state index contributed by atoms with van der Waals surface area (Å²) >= 11 is 0. The third-order valence-electron chi connectivity index (χ3n) is 6.53. The fourth-order valence-electron chi connectivity index (χ4n) is 4.61. The molecule has 2 saturated heterocycles. The normalized spacial score (nSPS) is 19.8. The number of carbonyl (C=O) groups is 2. The number of hydrogen-bond acceptors (Lipinski definition) is 5. The van der Waals surface area contributed by atoms with Crippen molar-refractivity contribution in [2.24, 2.45) is 5.92 Å². The number of ether oxygens (including phenoxy) is 1. The Hall–Kier alpha value is -1.92. The molecule has 0 aromatic heterocycles. The molecule has 2 heterocycles. The fraction of sp³-hybridized carbons (Fsp3) is 0.652. The molecule has 0 spiro atoms. The molecule has 6 nitrogen and oxygen atoms in total. The molecule has 0 N–H and O–H groups in total. The van der Waals surface area contributed by atoms with Gasteiger partial charge in [0.15, 0.2) is 0 Å². The Balaban J connectivity index is 1.54. The molecule has 0 unspecified atom stereocenters. The van der Waals surface area contributed by atoms with Crippen LogP contribution >= 0.6 is 0 Å². The van der Waals surface area contributed by atoms with Gasteiger partial charge in [0.1, 0.15) is 0 Å². The van der Waals surface area contributed by atoms with Crippen LogP contribution in [0.2, 0.25) is 0 Å². The molecule has 0 saturated carbocycles. The average Bonchev–Trinajstić information content (AvgIpc) is 2.77. The minimum atomic E-state index is -0.413. The number of amides is 1. The van der Waals surface area contributed by atoms with E-state index < -0.39 is 5.97 Å². The van der Waals surface area contributed by atoms with E-state index >= 15 is 0 Å². The SMILES string of the molecule is CCN(CC1CCN(C2CCN(C)CC2)CC1)C(=O)c1cccc(C(=O)OC)c1. The lowest BCUT2D eigenvalue weighted by molar-refractivity contribution is 0.0600. The largest absolute Gasteiger partial charge is 0.465 e. The first-order chi connectivity index (χ1) is 14.0. The van der Waals surface area contributed by atoms with Crippen LogP contribution < -0.4 is 0 Å². The highest BCUT2D eigenvalue weighted by molar-refractivity contribution is 5.97. The molecule has 0 bridgehead atoms. The van der Waals surface area contributed by atoms with Crippen molar-refractivity contribution in [2.45, 2.75) is 38.6 Å². The topological polar surface area (TPSA) is 53.1 Å². The molecule has 1 amide bonds. The summed E-state index contributed by atoms with van der Waals surface area (Å²) < 4.78 is 4.77. The standard InChI is InChI=1S/C23H35N3O3/c1-4-25(22(27)19-6-5-7-20(16-19)23(28)29-3)17-18-8-14-26(15-9-18)21-10-12-24(2)13-11-21/h5-7,16,18,21H,4,8-15,17H2,1-3H3. The van der Waals surface area contributed by atoms with E-state index in [1.54, 1.807) is 24.3 Å². The Bertz CT molecular complexity index is 692. The van der Waals surface area contributed by atoms with Gasteiger partial charge in [0.05, 0.1) is 12.7 Å². The number of methoxy groups -OCH3 is 1. The van der Waals surface area contributed by atoms with Gasteiger partial charge >= 0.3 is 5.97 Å². The molecule has 0 atom stereocenters. The second-order valence-electron chi connectivity index (χ2n) is 8.43. The van der Waals surface area contributed by atoms with Crippen LogP contribution in [-0.4, -0.2) is 86.0 Å². The smallest absolute Gasteiger partial charge is 0.337 e. The number of nitrogens with zero attached hydrogens (tertiary/aromatic N) is 3. The summed E-state index contributed by atoms with van der Waals surface area (Å²) in [6.07, 6.45) is 4.85. The average molecular weight is 402 g/mol. The molecular formula is C23H35N3O3. The van der Waals surface area contributed by atoms with Crippen LogP contribution in [-0.2, 0) is 4.74 Å². The van der Waals surface area contributed by atoms with Crippen molar-refractivity contribution in [3.05, 3.63) is 35.4 Å². The van der Waals surface area contributed by atoms with Crippen molar-refractivity contribution >= 4 is 11.9 Å². The Morgan fingerprint density at radius 3 is 2.34 bits per heavy atom. The van der Waals surface area contributed by atoms with Crippen LogP contribution in [0.3, 0.4) is 0 Å². The number of carbonyl (C=O) groups excluding carboxylic acids is 2. The lowest BCUT2D eigenvalue weighted by atomic mass is 9.93. The predicted octanol–water partition coefficient (Wildman–Crippen LogP) is 2.74. The number of rotatable bonds is 6. The predicted molar refractivity (Wildman–Crippen MR) is 114 cm³/mol. The lowest BCUT2D eigenvalue weighted by Gasteiger charge is -2.41. The zero-order chi connectivity index (χ0) is 20.8. The summed E-state index contributed by atoms with van der Waals surface area (Å²) in [4.78, 5) is 31.8. The van der Waals surface area contributed by atoms with Gasteiger partial charge < -0.3 is 19.4 Å². The van der Waals surface area contributed by atoms with Crippen molar-refractivity contribution in [3.8, 4) is 0 Å². The molecule has 1 aromatic carbocycles. The molecular weight excluding hydrogens is 366 g/mol. The van der Waals surface area contributed by atoms with Crippen LogP contribution in [0.1, 0.15) is 53.3 Å². The Morgan fingerprint density at radius 2 is 1.72 bits per heavy atom. The molecule has 160 valence electrons. The van der Waals surface area contributed by atoms with Crippen molar-refractivity contribution < 1.29 is 14.3 Å². The highest BCUT2D eigenvalue weighted by Gasteiger charge is 2.29. The van der Waals surface area contributed by atoms with E-state index in [-0.39, 0.29) is 5.91 Å². The maximum Gasteiger partial charge on any atom is 0.337 e. The fourth-order valence-corrected chi connectivity index (χ4v) is 4.61. The maximum absolute atomic E-state index is 13.0. The van der Waals surface area contributed by atoms with Gasteiger partial charge in [-0.15, -0.1) is 0 Å². The molecule has 29 heavy (non-hydrogen) atoms. The maximum atomic E-state index is 13.0. The summed E-state index contributed by atoms with van der Waals surface area (Å²) in [6, 6.07) is 7.57. The second-order valence-corrected chi connectivity index (χ2v) is 8.43. The Morgan fingerprint density at radius 1 is 1.07 bits per heavy atom. The van der Waals surface area contributed by atoms with Gasteiger partial charge in [0.2, 0.25) is 0 Å². The number of piperidine rings is 2. The van der Waals surface area contributed by atoms with Crippen molar-refractivity contribution in [3.63, 3.8) is 0 Å². The third-order valence-corrected chi connectivity index (χ3v) is 6.53. The van der Waals surface area contributed by atoms with Crippen molar-refractivity contribution in [2.75, 3.05) is 53.4 Å². The third kappa shape index (κ3) is 5.58. The first kappa shape index (κ1) is 21.8. The molecule has 1 aromatic rings. The minimum absolute atomic E-state index is 0.00370. The van der Waals surface area contributed by atoms with Gasteiger partial charge in [-0.2, -0.15) is 0 Å². The number of likely N-dealkylation sites (tertiary alicyclic amines) is 2. The van der Waals surface area contributed by atoms with Crippen LogP contribution in [0.15, 0.2) is 24.3 Å². The molecule has 2 aliphatic heterocycles. The zero-order valence-electron chi connectivity index (χ0n) is 18.1. The van der Waals surface area contributed by atoms with Gasteiger partial charge in [-0.05, 0) is 90.0 Å². The Kier molecular flexibility index (Phi) is 7.67. The summed E-state index contributed by atoms with van der Waals surface area (Å²) in [7, 11) is 3.56. The van der Waals surface area contributed by atoms with Gasteiger partial charge in [0, 0.05) is 24.7 Å². The van der Waals surface area contributed by atoms with Crippen LogP contribution in [0.5, 0.6) is 0 Å². The van der Waals surface area contributed by atoms with Crippen molar-refractivity contribution in [1.82, 2.24) is 14.7 Å². The summed E-state index contributed by atoms with van der Waals surface area (Å²) in [6.45, 7) is 8.18. The molecule has 0 aliphatic carbocycles. The quantitative estimate of drug-likeness (QED) is 0.686. The zero-order valence-corrected chi connectivity index (χ0v) is 18.1. The number of hydrogen-bond donors (Lipinski definition) is 0. The van der Waals surface area contributed by atoms with Crippen LogP contribution in [0.25, 0.3) is 0 Å². The highest BCUT2D eigenvalue weighted by Crippen LogP contribution is 2.24. The van der Waals surface area contributed by atoms with Crippen molar-refractivity contribution in [1.29, 1.82) is 0 Å². The van der Waals surface area contributed by atoms with E-state index in [1.165, 1.54) is 33.0 Å². The first-order valence-electron chi connectivity index (χ1n) is 10.9. The van der Waals surface area contributed by atoms with E-state index in [4.69, 9.17) is 4.74 Å². The van der Waals surface area contributed by atoms with E-state index in [2.05, 4.69) is 16.8 Å². The Labute approximate surface area is 174 Å². The van der Waals surface area contributed by atoms with E-state index in [0.717, 1.165) is 38.5 Å². The van der Waals surface area contributed by atoms with Gasteiger partial charge in [-0.25, -0.2) is 4.79 Å². The number of benzene rings is 1. The van der Waals surface area contributed by atoms with E-state index in [0.29, 0.717) is 23.6 Å². The minimum Gasteiger partial charge on any atom is -0.465 e. The molecule has 3 rings (SSSR count). The first-order valence-corrected chi connectivity index (χ1v) is 10.9. The van der Waals surface area contributed by atoms with E-state index in [1.807, 2.05) is 11.8 Å². The van der Waals surface area contributed by atoms with E-state index in [9.17, 15) is 9.59 Å². The molecule has 6 heteroatoms. The second kappa shape index (κ2) is 10.2. The molecule has 0 radical (unpaired) electrons. The van der Waals surface area contributed by atoms with Gasteiger partial charge in [-0.1, -0.05) is 6.07 Å². The summed E-state index contributed by atoms with van der Waals surface area (Å²) in [5.74, 6) is 0.130. The summed E-state index contributed by atoms with van der Waals surface area (Å²) in [5, 5.41) is 0. The number of esters is 1. The van der Waals surface area contributed by atoms with Crippen LogP contribution in [0.4, 0.5) is 0 Å². The molecule has 2 aliphatic rings. The molecule has 2 fully saturated rings. The lowest BCUT2D eigenvalue weighted by Crippen LogP contribution is -2.48.